The van der Waals surface area contributed by atoms with E-state index < -0.39 is 4.92 Å². The van der Waals surface area contributed by atoms with Gasteiger partial charge in [0.15, 0.2) is 0 Å². The third-order valence-corrected chi connectivity index (χ3v) is 2.42. The highest BCUT2D eigenvalue weighted by molar-refractivity contribution is 6.01. The molecule has 100 valence electrons. The number of benzene rings is 1. The van der Waals surface area contributed by atoms with Crippen molar-refractivity contribution in [2.75, 3.05) is 5.32 Å². The molecule has 0 radical (unpaired) electrons. The number of nitro groups is 1. The quantitative estimate of drug-likeness (QED) is 0.525. The van der Waals surface area contributed by atoms with Gasteiger partial charge in [-0.3, -0.25) is 14.9 Å². The maximum Gasteiger partial charge on any atom is 0.270 e. The van der Waals surface area contributed by atoms with Gasteiger partial charge in [0.05, 0.1) is 4.92 Å². The summed E-state index contributed by atoms with van der Waals surface area (Å²) in [6.07, 6.45) is 4.37. The number of carbonyl (C=O) groups excluding carboxylic acids is 1. The van der Waals surface area contributed by atoms with E-state index in [0.717, 1.165) is 0 Å². The van der Waals surface area contributed by atoms with E-state index in [0.29, 0.717) is 11.4 Å². The van der Waals surface area contributed by atoms with Crippen LogP contribution in [0.1, 0.15) is 5.56 Å². The average Bonchev–Trinajstić information content (AvgIpc) is 2.46. The van der Waals surface area contributed by atoms with Crippen LogP contribution in [0.15, 0.2) is 54.7 Å². The lowest BCUT2D eigenvalue weighted by atomic mass is 10.2. The van der Waals surface area contributed by atoms with Crippen LogP contribution in [-0.2, 0) is 4.79 Å². The van der Waals surface area contributed by atoms with Crippen molar-refractivity contribution in [3.63, 3.8) is 0 Å². The number of pyridine rings is 1. The fourth-order valence-electron chi connectivity index (χ4n) is 1.52. The summed E-state index contributed by atoms with van der Waals surface area (Å²) in [6, 6.07) is 11.2. The highest BCUT2D eigenvalue weighted by Crippen LogP contribution is 2.14. The molecule has 1 N–H and O–H groups in total. The summed E-state index contributed by atoms with van der Waals surface area (Å²) in [7, 11) is 0. The molecule has 0 saturated carbocycles. The molecule has 0 saturated heterocycles. The van der Waals surface area contributed by atoms with E-state index in [9.17, 15) is 14.9 Å². The van der Waals surface area contributed by atoms with E-state index in [1.165, 1.54) is 24.3 Å². The van der Waals surface area contributed by atoms with Gasteiger partial charge in [-0.1, -0.05) is 18.2 Å². The molecule has 0 unspecified atom stereocenters. The molecule has 1 amide bonds. The van der Waals surface area contributed by atoms with Gasteiger partial charge >= 0.3 is 0 Å². The molecule has 1 aromatic heterocycles. The highest BCUT2D eigenvalue weighted by Gasteiger charge is 2.04. The molecule has 2 rings (SSSR count). The van der Waals surface area contributed by atoms with Crippen LogP contribution in [0.3, 0.4) is 0 Å². The monoisotopic (exact) mass is 269 g/mol. The summed E-state index contributed by atoms with van der Waals surface area (Å²) >= 11 is 0. The van der Waals surface area contributed by atoms with E-state index in [1.807, 2.05) is 0 Å². The molecule has 0 aliphatic heterocycles. The first-order chi connectivity index (χ1) is 9.65. The molecule has 1 aromatic carbocycles. The molecule has 0 atom stereocenters. The van der Waals surface area contributed by atoms with E-state index >= 15 is 0 Å². The number of rotatable bonds is 4. The Bertz CT molecular complexity index is 654. The SMILES string of the molecule is O=C(/C=C/c1cccc([N+](=O)[O-])c1)Nc1ccccn1. The Hall–Kier alpha value is -3.02. The van der Waals surface area contributed by atoms with E-state index in [4.69, 9.17) is 0 Å². The highest BCUT2D eigenvalue weighted by atomic mass is 16.6. The maximum atomic E-state index is 11.6. The van der Waals surface area contributed by atoms with Crippen LogP contribution in [0.5, 0.6) is 0 Å². The van der Waals surface area contributed by atoms with Crippen molar-refractivity contribution in [3.05, 3.63) is 70.4 Å². The van der Waals surface area contributed by atoms with Crippen LogP contribution in [0.25, 0.3) is 6.08 Å². The minimum Gasteiger partial charge on any atom is -0.307 e. The number of nitro benzene ring substituents is 1. The number of carbonyl (C=O) groups is 1. The molecule has 1 heterocycles. The first kappa shape index (κ1) is 13.4. The summed E-state index contributed by atoms with van der Waals surface area (Å²) < 4.78 is 0. The second-order valence-electron chi connectivity index (χ2n) is 3.89. The predicted octanol–water partition coefficient (Wildman–Crippen LogP) is 2.64. The van der Waals surface area contributed by atoms with Gasteiger partial charge < -0.3 is 5.32 Å². The van der Waals surface area contributed by atoms with Crippen LogP contribution in [0.2, 0.25) is 0 Å². The lowest BCUT2D eigenvalue weighted by molar-refractivity contribution is -0.384. The van der Waals surface area contributed by atoms with Crippen LogP contribution in [0.4, 0.5) is 11.5 Å². The largest absolute Gasteiger partial charge is 0.307 e. The summed E-state index contributed by atoms with van der Waals surface area (Å²) in [5.74, 6) is 0.0939. The lowest BCUT2D eigenvalue weighted by Crippen LogP contribution is -2.08. The first-order valence-corrected chi connectivity index (χ1v) is 5.80. The summed E-state index contributed by atoms with van der Waals surface area (Å²) in [5, 5.41) is 13.2. The molecule has 6 nitrogen and oxygen atoms in total. The third kappa shape index (κ3) is 3.74. The third-order valence-electron chi connectivity index (χ3n) is 2.42. The van der Waals surface area contributed by atoms with E-state index in [1.54, 1.807) is 36.5 Å². The number of anilines is 1. The fraction of sp³-hybridized carbons (Fsp3) is 0. The number of amides is 1. The van der Waals surface area contributed by atoms with Crippen molar-refractivity contribution in [1.82, 2.24) is 4.98 Å². The molecule has 0 bridgehead atoms. The smallest absolute Gasteiger partial charge is 0.270 e. The van der Waals surface area contributed by atoms with Crippen molar-refractivity contribution in [3.8, 4) is 0 Å². The molecule has 0 aliphatic rings. The fourth-order valence-corrected chi connectivity index (χ4v) is 1.52. The Balaban J connectivity index is 2.04. The second kappa shape index (κ2) is 6.24. The van der Waals surface area contributed by atoms with Gasteiger partial charge in [0.2, 0.25) is 5.91 Å². The Kier molecular flexibility index (Phi) is 4.18. The number of hydrogen-bond donors (Lipinski definition) is 1. The zero-order valence-electron chi connectivity index (χ0n) is 10.4. The second-order valence-corrected chi connectivity index (χ2v) is 3.89. The molecule has 6 heteroatoms. The zero-order chi connectivity index (χ0) is 14.4. The average molecular weight is 269 g/mol. The summed E-state index contributed by atoms with van der Waals surface area (Å²) in [6.45, 7) is 0. The number of nitrogens with zero attached hydrogens (tertiary/aromatic N) is 2. The molecule has 20 heavy (non-hydrogen) atoms. The van der Waals surface area contributed by atoms with Crippen LogP contribution >= 0.6 is 0 Å². The lowest BCUT2D eigenvalue weighted by Gasteiger charge is -1.99. The van der Waals surface area contributed by atoms with E-state index in [-0.39, 0.29) is 11.6 Å². The number of aromatic nitrogens is 1. The maximum absolute atomic E-state index is 11.6. The van der Waals surface area contributed by atoms with Gasteiger partial charge in [-0.05, 0) is 23.8 Å². The molecule has 0 spiro atoms. The van der Waals surface area contributed by atoms with Crippen LogP contribution < -0.4 is 5.32 Å². The van der Waals surface area contributed by atoms with Gasteiger partial charge in [0.1, 0.15) is 5.82 Å². The van der Waals surface area contributed by atoms with Gasteiger partial charge in [-0.2, -0.15) is 0 Å². The van der Waals surface area contributed by atoms with Gasteiger partial charge in [-0.25, -0.2) is 4.98 Å². The molecule has 0 aliphatic carbocycles. The van der Waals surface area contributed by atoms with Crippen LogP contribution in [0, 0.1) is 10.1 Å². The number of hydrogen-bond acceptors (Lipinski definition) is 4. The molecular formula is C14H11N3O3. The van der Waals surface area contributed by atoms with Crippen molar-refractivity contribution in [2.45, 2.75) is 0 Å². The van der Waals surface area contributed by atoms with Gasteiger partial charge in [0, 0.05) is 24.4 Å². The molecule has 0 fully saturated rings. The summed E-state index contributed by atoms with van der Waals surface area (Å²) in [5.41, 5.74) is 0.563. The summed E-state index contributed by atoms with van der Waals surface area (Å²) in [4.78, 5) is 25.7. The van der Waals surface area contributed by atoms with Crippen molar-refractivity contribution >= 4 is 23.5 Å². The van der Waals surface area contributed by atoms with Crippen LogP contribution in [-0.4, -0.2) is 15.8 Å². The Morgan fingerprint density at radius 3 is 2.80 bits per heavy atom. The number of non-ortho nitro benzene ring substituents is 1. The van der Waals surface area contributed by atoms with Crippen molar-refractivity contribution < 1.29 is 9.72 Å². The number of nitrogens with one attached hydrogen (secondary N) is 1. The molecule has 2 aromatic rings. The zero-order valence-corrected chi connectivity index (χ0v) is 10.4. The van der Waals surface area contributed by atoms with Crippen molar-refractivity contribution in [2.24, 2.45) is 0 Å². The first-order valence-electron chi connectivity index (χ1n) is 5.80. The topological polar surface area (TPSA) is 85.1 Å². The standard InChI is InChI=1S/C14H11N3O3/c18-14(16-13-6-1-2-9-15-13)8-7-11-4-3-5-12(10-11)17(19)20/h1-10H,(H,15,16,18)/b8-7+. The molecular weight excluding hydrogens is 258 g/mol. The minimum atomic E-state index is -0.481. The minimum absolute atomic E-state index is 0.0164. The normalized spacial score (nSPS) is 10.4. The Morgan fingerprint density at radius 1 is 1.25 bits per heavy atom. The van der Waals surface area contributed by atoms with Gasteiger partial charge in [0.25, 0.3) is 5.69 Å². The van der Waals surface area contributed by atoms with Gasteiger partial charge in [-0.15, -0.1) is 0 Å². The van der Waals surface area contributed by atoms with Crippen molar-refractivity contribution in [1.29, 1.82) is 0 Å². The Labute approximate surface area is 114 Å². The predicted molar refractivity (Wildman–Crippen MR) is 75.0 cm³/mol. The Morgan fingerprint density at radius 2 is 2.10 bits per heavy atom. The van der Waals surface area contributed by atoms with E-state index in [2.05, 4.69) is 10.3 Å².